The molecule has 0 aliphatic carbocycles. The Morgan fingerprint density at radius 3 is 2.47 bits per heavy atom. The largest absolute Gasteiger partial charge is 0.384 e. The Balaban J connectivity index is 0.00000196. The number of hydrogen-bond donors (Lipinski definition) is 1. The van der Waals surface area contributed by atoms with Gasteiger partial charge in [-0.15, -0.1) is 12.4 Å². The van der Waals surface area contributed by atoms with Crippen LogP contribution in [0, 0.1) is 5.92 Å². The van der Waals surface area contributed by atoms with Gasteiger partial charge in [0.15, 0.2) is 0 Å². The predicted molar refractivity (Wildman–Crippen MR) is 62.1 cm³/mol. The van der Waals surface area contributed by atoms with E-state index in [9.17, 15) is 4.79 Å². The Kier molecular flexibility index (Phi) is 6.89. The lowest BCUT2D eigenvalue weighted by molar-refractivity contribution is -0.133. The third-order valence-corrected chi connectivity index (χ3v) is 2.72. The molecule has 0 unspecified atom stereocenters. The van der Waals surface area contributed by atoms with Crippen LogP contribution in [0.3, 0.4) is 0 Å². The predicted octanol–water partition coefficient (Wildman–Crippen LogP) is 0.640. The molecular weight excluding hydrogens is 216 g/mol. The van der Waals surface area contributed by atoms with Crippen LogP contribution in [0.2, 0.25) is 0 Å². The SMILES string of the molecule is COCC1CCN(C(=O)[C@H](C)N)CC1.Cl. The molecule has 0 aromatic heterocycles. The highest BCUT2D eigenvalue weighted by atomic mass is 35.5. The van der Waals surface area contributed by atoms with Gasteiger partial charge in [-0.3, -0.25) is 4.79 Å². The number of halogens is 1. The first-order valence-corrected chi connectivity index (χ1v) is 5.18. The van der Waals surface area contributed by atoms with Gasteiger partial charge in [0, 0.05) is 26.8 Å². The van der Waals surface area contributed by atoms with Crippen LogP contribution in [-0.4, -0.2) is 43.7 Å². The lowest BCUT2D eigenvalue weighted by Gasteiger charge is -2.32. The fourth-order valence-electron chi connectivity index (χ4n) is 1.84. The van der Waals surface area contributed by atoms with Crippen molar-refractivity contribution in [1.29, 1.82) is 0 Å². The van der Waals surface area contributed by atoms with E-state index < -0.39 is 0 Å². The molecule has 1 aliphatic heterocycles. The smallest absolute Gasteiger partial charge is 0.239 e. The second-order valence-electron chi connectivity index (χ2n) is 4.01. The second kappa shape index (κ2) is 7.04. The highest BCUT2D eigenvalue weighted by molar-refractivity contribution is 5.85. The van der Waals surface area contributed by atoms with Gasteiger partial charge >= 0.3 is 0 Å². The number of nitrogens with zero attached hydrogens (tertiary/aromatic N) is 1. The molecule has 1 amide bonds. The molecule has 0 saturated carbocycles. The maximum absolute atomic E-state index is 11.5. The van der Waals surface area contributed by atoms with Gasteiger partial charge in [0.25, 0.3) is 0 Å². The molecule has 1 aliphatic rings. The minimum absolute atomic E-state index is 0. The van der Waals surface area contributed by atoms with Crippen molar-refractivity contribution in [1.82, 2.24) is 4.90 Å². The van der Waals surface area contributed by atoms with Gasteiger partial charge in [-0.25, -0.2) is 0 Å². The van der Waals surface area contributed by atoms with Crippen LogP contribution >= 0.6 is 12.4 Å². The molecule has 0 radical (unpaired) electrons. The van der Waals surface area contributed by atoms with Crippen molar-refractivity contribution in [2.24, 2.45) is 11.7 Å². The number of hydrogen-bond acceptors (Lipinski definition) is 3. The molecule has 0 aromatic rings. The van der Waals surface area contributed by atoms with Crippen LogP contribution in [0.4, 0.5) is 0 Å². The number of methoxy groups -OCH3 is 1. The van der Waals surface area contributed by atoms with Gasteiger partial charge in [0.2, 0.25) is 5.91 Å². The summed E-state index contributed by atoms with van der Waals surface area (Å²) in [6.45, 7) is 4.20. The number of carbonyl (C=O) groups is 1. The van der Waals surface area contributed by atoms with Crippen LogP contribution in [0.15, 0.2) is 0 Å². The van der Waals surface area contributed by atoms with Crippen molar-refractivity contribution in [2.75, 3.05) is 26.8 Å². The molecule has 0 aromatic carbocycles. The van der Waals surface area contributed by atoms with Crippen molar-refractivity contribution in [3.8, 4) is 0 Å². The van der Waals surface area contributed by atoms with Crippen molar-refractivity contribution >= 4 is 18.3 Å². The van der Waals surface area contributed by atoms with Crippen LogP contribution in [-0.2, 0) is 9.53 Å². The number of nitrogens with two attached hydrogens (primary N) is 1. The lowest BCUT2D eigenvalue weighted by Crippen LogP contribution is -2.46. The minimum atomic E-state index is -0.367. The number of amides is 1. The van der Waals surface area contributed by atoms with Gasteiger partial charge in [-0.1, -0.05) is 0 Å². The molecule has 0 spiro atoms. The van der Waals surface area contributed by atoms with E-state index in [1.165, 1.54) is 0 Å². The summed E-state index contributed by atoms with van der Waals surface area (Å²) >= 11 is 0. The van der Waals surface area contributed by atoms with Crippen molar-refractivity contribution in [2.45, 2.75) is 25.8 Å². The van der Waals surface area contributed by atoms with E-state index in [4.69, 9.17) is 10.5 Å². The summed E-state index contributed by atoms with van der Waals surface area (Å²) < 4.78 is 5.10. The molecule has 5 heteroatoms. The Morgan fingerprint density at radius 2 is 2.07 bits per heavy atom. The molecule has 0 bridgehead atoms. The van der Waals surface area contributed by atoms with Gasteiger partial charge in [-0.2, -0.15) is 0 Å². The van der Waals surface area contributed by atoms with E-state index >= 15 is 0 Å². The van der Waals surface area contributed by atoms with Crippen molar-refractivity contribution in [3.63, 3.8) is 0 Å². The summed E-state index contributed by atoms with van der Waals surface area (Å²) in [5.74, 6) is 0.679. The van der Waals surface area contributed by atoms with E-state index in [0.717, 1.165) is 32.5 Å². The third-order valence-electron chi connectivity index (χ3n) is 2.72. The maximum Gasteiger partial charge on any atom is 0.239 e. The number of ether oxygens (including phenoxy) is 1. The summed E-state index contributed by atoms with van der Waals surface area (Å²) in [6.07, 6.45) is 2.07. The van der Waals surface area contributed by atoms with Crippen molar-refractivity contribution < 1.29 is 9.53 Å². The Morgan fingerprint density at radius 1 is 1.53 bits per heavy atom. The zero-order valence-corrected chi connectivity index (χ0v) is 10.3. The van der Waals surface area contributed by atoms with Gasteiger partial charge in [0.05, 0.1) is 6.04 Å². The van der Waals surface area contributed by atoms with E-state index in [1.807, 2.05) is 4.90 Å². The van der Waals surface area contributed by atoms with Crippen LogP contribution < -0.4 is 5.73 Å². The minimum Gasteiger partial charge on any atom is -0.384 e. The number of carbonyl (C=O) groups excluding carboxylic acids is 1. The lowest BCUT2D eigenvalue weighted by atomic mass is 9.97. The summed E-state index contributed by atoms with van der Waals surface area (Å²) in [6, 6.07) is -0.367. The highest BCUT2D eigenvalue weighted by Crippen LogP contribution is 2.17. The van der Waals surface area contributed by atoms with Crippen LogP contribution in [0.25, 0.3) is 0 Å². The van der Waals surface area contributed by atoms with Crippen molar-refractivity contribution in [3.05, 3.63) is 0 Å². The molecule has 1 atom stereocenters. The topological polar surface area (TPSA) is 55.6 Å². The molecule has 90 valence electrons. The molecule has 1 saturated heterocycles. The molecule has 1 rings (SSSR count). The van der Waals surface area contributed by atoms with E-state index in [1.54, 1.807) is 14.0 Å². The molecule has 4 nitrogen and oxygen atoms in total. The second-order valence-corrected chi connectivity index (χ2v) is 4.01. The first-order valence-electron chi connectivity index (χ1n) is 5.18. The quantitative estimate of drug-likeness (QED) is 0.783. The Bertz CT molecular complexity index is 192. The average Bonchev–Trinajstić information content (AvgIpc) is 2.18. The van der Waals surface area contributed by atoms with Crippen LogP contribution in [0.1, 0.15) is 19.8 Å². The summed E-state index contributed by atoms with van der Waals surface area (Å²) in [5, 5.41) is 0. The van der Waals surface area contributed by atoms with Gasteiger partial charge in [-0.05, 0) is 25.7 Å². The first-order chi connectivity index (χ1) is 6.65. The normalized spacial score (nSPS) is 19.5. The van der Waals surface area contributed by atoms with Crippen LogP contribution in [0.5, 0.6) is 0 Å². The van der Waals surface area contributed by atoms with Gasteiger partial charge in [0.1, 0.15) is 0 Å². The Hall–Kier alpha value is -0.320. The first kappa shape index (κ1) is 14.7. The number of likely N-dealkylation sites (tertiary alicyclic amines) is 1. The Labute approximate surface area is 97.5 Å². The maximum atomic E-state index is 11.5. The van der Waals surface area contributed by atoms with E-state index in [-0.39, 0.29) is 24.4 Å². The van der Waals surface area contributed by atoms with E-state index in [2.05, 4.69) is 0 Å². The molecule has 15 heavy (non-hydrogen) atoms. The zero-order chi connectivity index (χ0) is 10.6. The van der Waals surface area contributed by atoms with E-state index in [0.29, 0.717) is 5.92 Å². The highest BCUT2D eigenvalue weighted by Gasteiger charge is 2.24. The standard InChI is InChI=1S/C10H20N2O2.ClH/c1-8(11)10(13)12-5-3-9(4-6-12)7-14-2;/h8-9H,3-7,11H2,1-2H3;1H/t8-;/m0./s1. The molecule has 1 heterocycles. The monoisotopic (exact) mass is 236 g/mol. The average molecular weight is 237 g/mol. The molecule has 2 N–H and O–H groups in total. The molecular formula is C10H21ClN2O2. The summed E-state index contributed by atoms with van der Waals surface area (Å²) in [4.78, 5) is 13.4. The zero-order valence-electron chi connectivity index (χ0n) is 9.44. The fraction of sp³-hybridized carbons (Fsp3) is 0.900. The summed E-state index contributed by atoms with van der Waals surface area (Å²) in [7, 11) is 1.72. The summed E-state index contributed by atoms with van der Waals surface area (Å²) in [5.41, 5.74) is 5.54. The fourth-order valence-corrected chi connectivity index (χ4v) is 1.84. The van der Waals surface area contributed by atoms with Gasteiger partial charge < -0.3 is 15.4 Å². The third kappa shape index (κ3) is 4.36. The molecule has 1 fully saturated rings. The number of rotatable bonds is 3. The number of piperidine rings is 1.